The van der Waals surface area contributed by atoms with Crippen LogP contribution in [0.3, 0.4) is 0 Å². The fourth-order valence-corrected chi connectivity index (χ4v) is 2.89. The molecule has 1 fully saturated rings. The molecule has 0 aliphatic carbocycles. The molecule has 1 saturated heterocycles. The molecule has 1 aromatic heterocycles. The highest BCUT2D eigenvalue weighted by molar-refractivity contribution is 7.09. The predicted molar refractivity (Wildman–Crippen MR) is 76.2 cm³/mol. The van der Waals surface area contributed by atoms with Gasteiger partial charge in [0.25, 0.3) is 0 Å². The molecule has 0 radical (unpaired) electrons. The molecule has 0 bridgehead atoms. The third kappa shape index (κ3) is 4.41. The average Bonchev–Trinajstić information content (AvgIpc) is 2.85. The maximum absolute atomic E-state index is 10.4. The number of nitrogens with zero attached hydrogens (tertiary/aromatic N) is 3. The highest BCUT2D eigenvalue weighted by atomic mass is 32.1. The fraction of sp³-hybridized carbons (Fsp3) is 0.538. The SMILES string of the molecule is CCN1CCN(Cc2nc(/C=C/C(=O)O)cs2)CC1. The Morgan fingerprint density at radius 3 is 2.74 bits per heavy atom. The Bertz CT molecular complexity index is 450. The van der Waals surface area contributed by atoms with E-state index in [-0.39, 0.29) is 0 Å². The Kier molecular flexibility index (Phi) is 5.07. The van der Waals surface area contributed by atoms with E-state index in [0.29, 0.717) is 0 Å². The molecule has 0 aromatic carbocycles. The van der Waals surface area contributed by atoms with Crippen LogP contribution in [0.25, 0.3) is 6.08 Å². The van der Waals surface area contributed by atoms with Crippen molar-refractivity contribution in [1.82, 2.24) is 14.8 Å². The standard InChI is InChI=1S/C13H19N3O2S/c1-2-15-5-7-16(8-6-15)9-12-14-11(10-19-12)3-4-13(17)18/h3-4,10H,2,5-9H2,1H3,(H,17,18)/b4-3+. The van der Waals surface area contributed by atoms with Gasteiger partial charge in [0, 0.05) is 37.6 Å². The molecular formula is C13H19N3O2S. The van der Waals surface area contributed by atoms with Gasteiger partial charge in [-0.25, -0.2) is 9.78 Å². The van der Waals surface area contributed by atoms with E-state index in [2.05, 4.69) is 21.7 Å². The Balaban J connectivity index is 1.85. The van der Waals surface area contributed by atoms with Crippen LogP contribution in [0.4, 0.5) is 0 Å². The van der Waals surface area contributed by atoms with Gasteiger partial charge in [0.1, 0.15) is 5.01 Å². The number of aromatic nitrogens is 1. The monoisotopic (exact) mass is 281 g/mol. The lowest BCUT2D eigenvalue weighted by molar-refractivity contribution is -0.131. The number of aliphatic carboxylic acids is 1. The Labute approximate surface area is 117 Å². The van der Waals surface area contributed by atoms with Gasteiger partial charge < -0.3 is 10.0 Å². The molecule has 1 aromatic rings. The second-order valence-electron chi connectivity index (χ2n) is 4.55. The van der Waals surface area contributed by atoms with E-state index >= 15 is 0 Å². The van der Waals surface area contributed by atoms with E-state index in [9.17, 15) is 4.79 Å². The summed E-state index contributed by atoms with van der Waals surface area (Å²) in [6.07, 6.45) is 2.66. The summed E-state index contributed by atoms with van der Waals surface area (Å²) in [7, 11) is 0. The second kappa shape index (κ2) is 6.79. The van der Waals surface area contributed by atoms with Gasteiger partial charge in [-0.15, -0.1) is 11.3 Å². The Morgan fingerprint density at radius 1 is 1.42 bits per heavy atom. The zero-order chi connectivity index (χ0) is 13.7. The van der Waals surface area contributed by atoms with Gasteiger partial charge in [-0.3, -0.25) is 4.90 Å². The molecule has 0 unspecified atom stereocenters. The topological polar surface area (TPSA) is 56.7 Å². The van der Waals surface area contributed by atoms with Gasteiger partial charge in [0.05, 0.1) is 12.2 Å². The third-order valence-electron chi connectivity index (χ3n) is 3.24. The first kappa shape index (κ1) is 14.2. The second-order valence-corrected chi connectivity index (χ2v) is 5.49. The molecule has 0 saturated carbocycles. The molecule has 0 atom stereocenters. The molecule has 5 nitrogen and oxygen atoms in total. The van der Waals surface area contributed by atoms with E-state index in [1.165, 1.54) is 6.08 Å². The highest BCUT2D eigenvalue weighted by Crippen LogP contribution is 2.14. The van der Waals surface area contributed by atoms with Crippen molar-refractivity contribution in [3.63, 3.8) is 0 Å². The third-order valence-corrected chi connectivity index (χ3v) is 4.09. The van der Waals surface area contributed by atoms with Crippen molar-refractivity contribution in [1.29, 1.82) is 0 Å². The normalized spacial score (nSPS) is 18.2. The van der Waals surface area contributed by atoms with Gasteiger partial charge in [-0.2, -0.15) is 0 Å². The lowest BCUT2D eigenvalue weighted by Crippen LogP contribution is -2.45. The minimum Gasteiger partial charge on any atom is -0.478 e. The smallest absolute Gasteiger partial charge is 0.328 e. The van der Waals surface area contributed by atoms with Crippen LogP contribution in [0.2, 0.25) is 0 Å². The van der Waals surface area contributed by atoms with Crippen molar-refractivity contribution in [3.8, 4) is 0 Å². The van der Waals surface area contributed by atoms with E-state index < -0.39 is 5.97 Å². The molecule has 104 valence electrons. The summed E-state index contributed by atoms with van der Waals surface area (Å²) in [5.41, 5.74) is 0.731. The van der Waals surface area contributed by atoms with Crippen LogP contribution >= 0.6 is 11.3 Å². The van der Waals surface area contributed by atoms with Crippen molar-refractivity contribution in [2.24, 2.45) is 0 Å². The molecular weight excluding hydrogens is 262 g/mol. The number of thiazole rings is 1. The fourth-order valence-electron chi connectivity index (χ4n) is 2.09. The maximum Gasteiger partial charge on any atom is 0.328 e. The maximum atomic E-state index is 10.4. The molecule has 1 aliphatic heterocycles. The minimum absolute atomic E-state index is 0.731. The van der Waals surface area contributed by atoms with E-state index in [1.807, 2.05) is 5.38 Å². The Morgan fingerprint density at radius 2 is 2.11 bits per heavy atom. The first-order chi connectivity index (χ1) is 9.17. The van der Waals surface area contributed by atoms with Gasteiger partial charge in [-0.1, -0.05) is 6.92 Å². The first-order valence-corrected chi connectivity index (χ1v) is 7.35. The molecule has 1 N–H and O–H groups in total. The van der Waals surface area contributed by atoms with Crippen molar-refractivity contribution in [3.05, 3.63) is 22.2 Å². The summed E-state index contributed by atoms with van der Waals surface area (Å²) in [6.45, 7) is 8.57. The number of rotatable bonds is 5. The molecule has 1 aliphatic rings. The molecule has 2 heterocycles. The van der Waals surface area contributed by atoms with Crippen molar-refractivity contribution < 1.29 is 9.90 Å². The quantitative estimate of drug-likeness (QED) is 0.826. The number of carboxylic acids is 1. The number of hydrogen-bond donors (Lipinski definition) is 1. The zero-order valence-electron chi connectivity index (χ0n) is 11.1. The number of carboxylic acid groups (broad SMARTS) is 1. The largest absolute Gasteiger partial charge is 0.478 e. The minimum atomic E-state index is -0.940. The van der Waals surface area contributed by atoms with Crippen molar-refractivity contribution >= 4 is 23.4 Å². The highest BCUT2D eigenvalue weighted by Gasteiger charge is 2.16. The van der Waals surface area contributed by atoms with Crippen LogP contribution < -0.4 is 0 Å². The van der Waals surface area contributed by atoms with Crippen LogP contribution in [0.15, 0.2) is 11.5 Å². The average molecular weight is 281 g/mol. The first-order valence-electron chi connectivity index (χ1n) is 6.47. The number of hydrogen-bond acceptors (Lipinski definition) is 5. The molecule has 0 spiro atoms. The lowest BCUT2D eigenvalue weighted by Gasteiger charge is -2.33. The van der Waals surface area contributed by atoms with Crippen LogP contribution in [-0.2, 0) is 11.3 Å². The van der Waals surface area contributed by atoms with Crippen LogP contribution in [-0.4, -0.2) is 58.6 Å². The van der Waals surface area contributed by atoms with Crippen molar-refractivity contribution in [2.75, 3.05) is 32.7 Å². The van der Waals surface area contributed by atoms with Crippen molar-refractivity contribution in [2.45, 2.75) is 13.5 Å². The van der Waals surface area contributed by atoms with Crippen LogP contribution in [0.1, 0.15) is 17.6 Å². The van der Waals surface area contributed by atoms with Gasteiger partial charge in [0.15, 0.2) is 0 Å². The molecule has 0 amide bonds. The summed E-state index contributed by atoms with van der Waals surface area (Å²) in [5.74, 6) is -0.940. The van der Waals surface area contributed by atoms with E-state index in [0.717, 1.165) is 56.0 Å². The molecule has 19 heavy (non-hydrogen) atoms. The van der Waals surface area contributed by atoms with Crippen LogP contribution in [0.5, 0.6) is 0 Å². The van der Waals surface area contributed by atoms with Gasteiger partial charge in [0.2, 0.25) is 0 Å². The summed E-state index contributed by atoms with van der Waals surface area (Å²) in [6, 6.07) is 0. The number of piperazine rings is 1. The predicted octanol–water partition coefficient (Wildman–Crippen LogP) is 1.38. The van der Waals surface area contributed by atoms with Gasteiger partial charge in [-0.05, 0) is 12.6 Å². The summed E-state index contributed by atoms with van der Waals surface area (Å²) in [5, 5.41) is 11.5. The molecule has 6 heteroatoms. The summed E-state index contributed by atoms with van der Waals surface area (Å²) >= 11 is 1.59. The molecule has 2 rings (SSSR count). The van der Waals surface area contributed by atoms with Crippen LogP contribution in [0, 0.1) is 0 Å². The van der Waals surface area contributed by atoms with E-state index in [4.69, 9.17) is 5.11 Å². The van der Waals surface area contributed by atoms with Gasteiger partial charge >= 0.3 is 5.97 Å². The lowest BCUT2D eigenvalue weighted by atomic mass is 10.3. The number of likely N-dealkylation sites (N-methyl/N-ethyl adjacent to an activating group) is 1. The summed E-state index contributed by atoms with van der Waals surface area (Å²) < 4.78 is 0. The van der Waals surface area contributed by atoms with E-state index in [1.54, 1.807) is 11.3 Å². The Hall–Kier alpha value is -1.24. The number of carbonyl (C=O) groups is 1. The zero-order valence-corrected chi connectivity index (χ0v) is 11.9. The summed E-state index contributed by atoms with van der Waals surface area (Å²) in [4.78, 5) is 19.7.